The minimum atomic E-state index is 0.786. The van der Waals surface area contributed by atoms with Gasteiger partial charge < -0.3 is 4.90 Å². The van der Waals surface area contributed by atoms with Crippen LogP contribution < -0.4 is 4.90 Å². The van der Waals surface area contributed by atoms with Crippen molar-refractivity contribution < 1.29 is 0 Å². The van der Waals surface area contributed by atoms with Gasteiger partial charge in [-0.15, -0.1) is 10.2 Å². The Hall–Kier alpha value is -2.69. The third kappa shape index (κ3) is 2.77. The van der Waals surface area contributed by atoms with Crippen LogP contribution in [0.2, 0.25) is 0 Å². The first kappa shape index (κ1) is 14.9. The van der Waals surface area contributed by atoms with Crippen molar-refractivity contribution in [3.05, 3.63) is 53.9 Å². The first-order chi connectivity index (χ1) is 11.7. The van der Waals surface area contributed by atoms with E-state index in [2.05, 4.69) is 51.3 Å². The molecule has 1 fully saturated rings. The smallest absolute Gasteiger partial charge is 0.182 e. The van der Waals surface area contributed by atoms with Gasteiger partial charge in [0.15, 0.2) is 5.82 Å². The molecule has 24 heavy (non-hydrogen) atoms. The monoisotopic (exact) mass is 319 g/mol. The highest BCUT2D eigenvalue weighted by atomic mass is 15.2. The number of azo groups is 1. The molecule has 0 atom stereocenters. The fourth-order valence-electron chi connectivity index (χ4n) is 3.18. The Balaban J connectivity index is 1.59. The molecule has 1 aromatic carbocycles. The summed E-state index contributed by atoms with van der Waals surface area (Å²) in [5, 5.41) is 8.83. The van der Waals surface area contributed by atoms with Crippen molar-refractivity contribution in [2.24, 2.45) is 10.2 Å². The number of rotatable bonds is 3. The second-order valence-corrected chi connectivity index (χ2v) is 6.36. The zero-order valence-electron chi connectivity index (χ0n) is 14.1. The molecule has 3 aromatic rings. The Morgan fingerprint density at radius 1 is 0.958 bits per heavy atom. The molecular formula is C19H21N5. The summed E-state index contributed by atoms with van der Waals surface area (Å²) in [7, 11) is 0. The maximum atomic E-state index is 4.56. The van der Waals surface area contributed by atoms with Crippen molar-refractivity contribution in [2.45, 2.75) is 26.7 Å². The Morgan fingerprint density at radius 3 is 2.46 bits per heavy atom. The topological polar surface area (TPSA) is 45.3 Å². The quantitative estimate of drug-likeness (QED) is 0.640. The molecule has 0 bridgehead atoms. The Bertz CT molecular complexity index is 886. The number of aryl methyl sites for hydroxylation is 2. The van der Waals surface area contributed by atoms with Gasteiger partial charge in [-0.3, -0.25) is 4.40 Å². The van der Waals surface area contributed by atoms with E-state index in [4.69, 9.17) is 0 Å². The molecule has 4 rings (SSSR count). The van der Waals surface area contributed by atoms with Crippen molar-refractivity contribution in [1.82, 2.24) is 9.38 Å². The molecule has 0 amide bonds. The van der Waals surface area contributed by atoms with Crippen LogP contribution in [0.5, 0.6) is 0 Å². The zero-order valence-corrected chi connectivity index (χ0v) is 14.1. The van der Waals surface area contributed by atoms with Gasteiger partial charge >= 0.3 is 0 Å². The van der Waals surface area contributed by atoms with E-state index < -0.39 is 0 Å². The highest BCUT2D eigenvalue weighted by Gasteiger charge is 2.12. The number of aromatic nitrogens is 2. The molecule has 5 nitrogen and oxygen atoms in total. The first-order valence-electron chi connectivity index (χ1n) is 8.43. The summed E-state index contributed by atoms with van der Waals surface area (Å²) >= 11 is 0. The lowest BCUT2D eigenvalue weighted by Gasteiger charge is -2.17. The number of benzene rings is 1. The van der Waals surface area contributed by atoms with Crippen LogP contribution in [0.1, 0.15) is 24.1 Å². The minimum absolute atomic E-state index is 0.786. The van der Waals surface area contributed by atoms with E-state index in [1.54, 1.807) is 0 Å². The summed E-state index contributed by atoms with van der Waals surface area (Å²) in [6, 6.07) is 12.4. The zero-order chi connectivity index (χ0) is 16.5. The van der Waals surface area contributed by atoms with Gasteiger partial charge in [-0.05, 0) is 68.7 Å². The number of pyridine rings is 1. The standard InChI is InChI=1S/C19H21N5/c1-14-9-12-24-18(13-14)20-15(2)19(24)22-21-16-5-7-17(8-6-16)23-10-3-4-11-23/h5-9,12-13H,3-4,10-11H2,1-2H3. The average Bonchev–Trinajstić information content (AvgIpc) is 3.21. The van der Waals surface area contributed by atoms with E-state index >= 15 is 0 Å². The third-order valence-electron chi connectivity index (χ3n) is 4.51. The van der Waals surface area contributed by atoms with Gasteiger partial charge in [0.1, 0.15) is 5.65 Å². The van der Waals surface area contributed by atoms with Gasteiger partial charge in [-0.25, -0.2) is 4.98 Å². The maximum Gasteiger partial charge on any atom is 0.182 e. The molecule has 0 N–H and O–H groups in total. The molecule has 0 radical (unpaired) electrons. The molecule has 0 saturated carbocycles. The van der Waals surface area contributed by atoms with Crippen LogP contribution in [-0.4, -0.2) is 22.5 Å². The van der Waals surface area contributed by atoms with Gasteiger partial charge in [-0.2, -0.15) is 0 Å². The summed E-state index contributed by atoms with van der Waals surface area (Å²) in [6.07, 6.45) is 4.57. The van der Waals surface area contributed by atoms with E-state index in [1.165, 1.54) is 24.1 Å². The van der Waals surface area contributed by atoms with Crippen LogP contribution in [0.15, 0.2) is 52.8 Å². The lowest BCUT2D eigenvalue weighted by molar-refractivity contribution is 0.949. The van der Waals surface area contributed by atoms with Gasteiger partial charge in [0.05, 0.1) is 11.4 Å². The number of hydrogen-bond acceptors (Lipinski definition) is 4. The second-order valence-electron chi connectivity index (χ2n) is 6.36. The molecule has 1 saturated heterocycles. The lowest BCUT2D eigenvalue weighted by atomic mass is 10.2. The van der Waals surface area contributed by atoms with Gasteiger partial charge in [0, 0.05) is 25.0 Å². The molecule has 122 valence electrons. The summed E-state index contributed by atoms with van der Waals surface area (Å²) < 4.78 is 1.98. The summed E-state index contributed by atoms with van der Waals surface area (Å²) in [5.41, 5.74) is 5.12. The molecular weight excluding hydrogens is 298 g/mol. The van der Waals surface area contributed by atoms with Gasteiger partial charge in [0.2, 0.25) is 0 Å². The molecule has 0 unspecified atom stereocenters. The van der Waals surface area contributed by atoms with Crippen LogP contribution in [-0.2, 0) is 0 Å². The molecule has 1 aliphatic rings. The van der Waals surface area contributed by atoms with E-state index in [-0.39, 0.29) is 0 Å². The Kier molecular flexibility index (Phi) is 3.76. The molecule has 3 heterocycles. The van der Waals surface area contributed by atoms with Crippen molar-refractivity contribution >= 4 is 22.8 Å². The van der Waals surface area contributed by atoms with Gasteiger partial charge in [-0.1, -0.05) is 0 Å². The molecule has 1 aliphatic heterocycles. The SMILES string of the molecule is Cc1ccn2c(N=Nc3ccc(N4CCCC4)cc3)c(C)nc2c1. The lowest BCUT2D eigenvalue weighted by Crippen LogP contribution is -2.17. The van der Waals surface area contributed by atoms with E-state index in [1.807, 2.05) is 29.7 Å². The van der Waals surface area contributed by atoms with Crippen LogP contribution in [0.25, 0.3) is 5.65 Å². The Labute approximate surface area is 141 Å². The van der Waals surface area contributed by atoms with Crippen LogP contribution >= 0.6 is 0 Å². The predicted octanol–water partition coefficient (Wildman–Crippen LogP) is 4.97. The van der Waals surface area contributed by atoms with Crippen LogP contribution in [0.4, 0.5) is 17.2 Å². The van der Waals surface area contributed by atoms with Crippen molar-refractivity contribution in [3.8, 4) is 0 Å². The number of anilines is 1. The molecule has 0 aliphatic carbocycles. The maximum absolute atomic E-state index is 4.56. The Morgan fingerprint density at radius 2 is 1.71 bits per heavy atom. The number of imidazole rings is 1. The third-order valence-corrected chi connectivity index (χ3v) is 4.51. The number of nitrogens with zero attached hydrogens (tertiary/aromatic N) is 5. The van der Waals surface area contributed by atoms with E-state index in [9.17, 15) is 0 Å². The highest BCUT2D eigenvalue weighted by Crippen LogP contribution is 2.26. The first-order valence-corrected chi connectivity index (χ1v) is 8.43. The summed E-state index contributed by atoms with van der Waals surface area (Å²) in [4.78, 5) is 6.97. The fraction of sp³-hybridized carbons (Fsp3) is 0.316. The number of fused-ring (bicyclic) bond motifs is 1. The summed E-state index contributed by atoms with van der Waals surface area (Å²) in [5.74, 6) is 0.786. The van der Waals surface area contributed by atoms with Crippen molar-refractivity contribution in [2.75, 3.05) is 18.0 Å². The summed E-state index contributed by atoms with van der Waals surface area (Å²) in [6.45, 7) is 6.34. The largest absolute Gasteiger partial charge is 0.372 e. The second kappa shape index (κ2) is 6.07. The minimum Gasteiger partial charge on any atom is -0.372 e. The van der Waals surface area contributed by atoms with Crippen LogP contribution in [0, 0.1) is 13.8 Å². The molecule has 5 heteroatoms. The van der Waals surface area contributed by atoms with Crippen molar-refractivity contribution in [1.29, 1.82) is 0 Å². The van der Waals surface area contributed by atoms with Crippen LogP contribution in [0.3, 0.4) is 0 Å². The number of hydrogen-bond donors (Lipinski definition) is 0. The molecule has 0 spiro atoms. The highest BCUT2D eigenvalue weighted by molar-refractivity contribution is 5.55. The fourth-order valence-corrected chi connectivity index (χ4v) is 3.18. The van der Waals surface area contributed by atoms with E-state index in [0.717, 1.165) is 35.9 Å². The predicted molar refractivity (Wildman–Crippen MR) is 96.7 cm³/mol. The van der Waals surface area contributed by atoms with Gasteiger partial charge in [0.25, 0.3) is 0 Å². The average molecular weight is 319 g/mol. The molecule has 2 aromatic heterocycles. The van der Waals surface area contributed by atoms with E-state index in [0.29, 0.717) is 0 Å². The van der Waals surface area contributed by atoms with Crippen molar-refractivity contribution in [3.63, 3.8) is 0 Å². The normalized spacial score (nSPS) is 15.0.